The van der Waals surface area contributed by atoms with E-state index in [4.69, 9.17) is 11.2 Å². The third-order valence-electron chi connectivity index (χ3n) is 3.17. The highest BCUT2D eigenvalue weighted by atomic mass is 16.5. The molecule has 0 radical (unpaired) electrons. The highest BCUT2D eigenvalue weighted by Gasteiger charge is 2.13. The maximum Gasteiger partial charge on any atom is 0.290 e. The Morgan fingerprint density at radius 1 is 1.33 bits per heavy atom. The smallest absolute Gasteiger partial charge is 0.290 e. The van der Waals surface area contributed by atoms with Crippen molar-refractivity contribution in [1.82, 2.24) is 15.2 Å². The van der Waals surface area contributed by atoms with Crippen LogP contribution in [0.5, 0.6) is 5.75 Å². The van der Waals surface area contributed by atoms with Crippen molar-refractivity contribution in [2.24, 2.45) is 0 Å². The molecule has 0 saturated carbocycles. The minimum absolute atomic E-state index is 0.325. The molecule has 5 heteroatoms. The first-order valence-electron chi connectivity index (χ1n) is 6.23. The van der Waals surface area contributed by atoms with E-state index in [9.17, 15) is 4.79 Å². The molecular weight excluding hydrogens is 266 g/mol. The van der Waals surface area contributed by atoms with E-state index in [2.05, 4.69) is 21.1 Å². The standard InChI is InChI=1S/C16H11N3O2/c1-3-10-6-7-11(13(9-10)21-2)14-12-5-4-8-17-15(12)16(20)19-18-14/h1,4-9H,2H3,(H,19,20). The molecule has 0 unspecified atom stereocenters. The lowest BCUT2D eigenvalue weighted by atomic mass is 10.0. The van der Waals surface area contributed by atoms with E-state index in [1.54, 1.807) is 37.6 Å². The van der Waals surface area contributed by atoms with Crippen LogP contribution >= 0.6 is 0 Å². The van der Waals surface area contributed by atoms with Crippen molar-refractivity contribution in [2.75, 3.05) is 7.11 Å². The van der Waals surface area contributed by atoms with Crippen LogP contribution in [0.3, 0.4) is 0 Å². The fourth-order valence-electron chi connectivity index (χ4n) is 2.18. The summed E-state index contributed by atoms with van der Waals surface area (Å²) in [7, 11) is 1.56. The average molecular weight is 277 g/mol. The molecule has 0 amide bonds. The van der Waals surface area contributed by atoms with Crippen molar-refractivity contribution >= 4 is 10.9 Å². The molecule has 2 aromatic heterocycles. The van der Waals surface area contributed by atoms with Gasteiger partial charge in [0.15, 0.2) is 0 Å². The number of aromatic amines is 1. The second-order valence-electron chi connectivity index (χ2n) is 4.36. The van der Waals surface area contributed by atoms with Crippen molar-refractivity contribution in [2.45, 2.75) is 0 Å². The molecule has 0 spiro atoms. The Kier molecular flexibility index (Phi) is 3.13. The molecule has 0 aliphatic carbocycles. The van der Waals surface area contributed by atoms with Crippen LogP contribution in [0, 0.1) is 12.3 Å². The van der Waals surface area contributed by atoms with E-state index in [0.29, 0.717) is 27.9 Å². The predicted molar refractivity (Wildman–Crippen MR) is 80.1 cm³/mol. The van der Waals surface area contributed by atoms with Crippen molar-refractivity contribution in [3.63, 3.8) is 0 Å². The SMILES string of the molecule is C#Cc1ccc(-c2n[nH]c(=O)c3ncccc23)c(OC)c1. The largest absolute Gasteiger partial charge is 0.496 e. The molecule has 2 heterocycles. The van der Waals surface area contributed by atoms with Gasteiger partial charge in [0, 0.05) is 22.7 Å². The molecule has 0 aliphatic rings. The van der Waals surface area contributed by atoms with Crippen LogP contribution in [0.4, 0.5) is 0 Å². The summed E-state index contributed by atoms with van der Waals surface area (Å²) in [5.74, 6) is 3.15. The highest BCUT2D eigenvalue weighted by Crippen LogP contribution is 2.32. The zero-order valence-corrected chi connectivity index (χ0v) is 11.3. The van der Waals surface area contributed by atoms with Gasteiger partial charge < -0.3 is 4.74 Å². The zero-order chi connectivity index (χ0) is 14.8. The molecule has 1 N–H and O–H groups in total. The Hall–Kier alpha value is -3.13. The number of rotatable bonds is 2. The number of nitrogens with one attached hydrogen (secondary N) is 1. The molecule has 0 saturated heterocycles. The van der Waals surface area contributed by atoms with Crippen LogP contribution in [-0.4, -0.2) is 22.3 Å². The number of methoxy groups -OCH3 is 1. The second kappa shape index (κ2) is 5.10. The van der Waals surface area contributed by atoms with Crippen molar-refractivity contribution in [3.8, 4) is 29.4 Å². The van der Waals surface area contributed by atoms with Gasteiger partial charge in [-0.15, -0.1) is 6.42 Å². The summed E-state index contributed by atoms with van der Waals surface area (Å²) in [6, 6.07) is 8.93. The summed E-state index contributed by atoms with van der Waals surface area (Å²) >= 11 is 0. The van der Waals surface area contributed by atoms with Crippen LogP contribution in [-0.2, 0) is 0 Å². The van der Waals surface area contributed by atoms with Gasteiger partial charge in [-0.3, -0.25) is 9.78 Å². The molecule has 5 nitrogen and oxygen atoms in total. The van der Waals surface area contributed by atoms with Gasteiger partial charge in [0.05, 0.1) is 7.11 Å². The number of fused-ring (bicyclic) bond motifs is 1. The molecule has 0 atom stereocenters. The minimum atomic E-state index is -0.325. The summed E-state index contributed by atoms with van der Waals surface area (Å²) < 4.78 is 5.37. The third-order valence-corrected chi connectivity index (χ3v) is 3.17. The van der Waals surface area contributed by atoms with Crippen LogP contribution < -0.4 is 10.3 Å². The van der Waals surface area contributed by atoms with Gasteiger partial charge in [0.2, 0.25) is 0 Å². The molecule has 0 bridgehead atoms. The molecule has 0 fully saturated rings. The Morgan fingerprint density at radius 3 is 2.95 bits per heavy atom. The van der Waals surface area contributed by atoms with Crippen LogP contribution in [0.15, 0.2) is 41.3 Å². The fraction of sp³-hybridized carbons (Fsp3) is 0.0625. The monoisotopic (exact) mass is 277 g/mol. The number of H-pyrrole nitrogens is 1. The van der Waals surface area contributed by atoms with Crippen LogP contribution in [0.25, 0.3) is 22.2 Å². The van der Waals surface area contributed by atoms with E-state index < -0.39 is 0 Å². The van der Waals surface area contributed by atoms with Gasteiger partial charge in [0.1, 0.15) is 17.0 Å². The quantitative estimate of drug-likeness (QED) is 0.727. The molecule has 3 rings (SSSR count). The lowest BCUT2D eigenvalue weighted by Crippen LogP contribution is -2.11. The first-order valence-corrected chi connectivity index (χ1v) is 6.23. The van der Waals surface area contributed by atoms with E-state index in [1.807, 2.05) is 6.07 Å². The molecular formula is C16H11N3O2. The average Bonchev–Trinajstić information content (AvgIpc) is 2.55. The lowest BCUT2D eigenvalue weighted by molar-refractivity contribution is 0.416. The van der Waals surface area contributed by atoms with Crippen molar-refractivity contribution in [1.29, 1.82) is 0 Å². The second-order valence-corrected chi connectivity index (χ2v) is 4.36. The Balaban J connectivity index is 2.34. The summed E-state index contributed by atoms with van der Waals surface area (Å²) in [6.07, 6.45) is 6.96. The molecule has 3 aromatic rings. The molecule has 102 valence electrons. The van der Waals surface area contributed by atoms with E-state index in [1.165, 1.54) is 0 Å². The maximum atomic E-state index is 11.8. The van der Waals surface area contributed by atoms with E-state index >= 15 is 0 Å². The zero-order valence-electron chi connectivity index (χ0n) is 11.3. The molecule has 21 heavy (non-hydrogen) atoms. The van der Waals surface area contributed by atoms with Gasteiger partial charge in [0.25, 0.3) is 5.56 Å². The number of benzene rings is 1. The molecule has 0 aliphatic heterocycles. The molecule has 1 aromatic carbocycles. The normalized spacial score (nSPS) is 10.3. The first kappa shape index (κ1) is 12.9. The van der Waals surface area contributed by atoms with E-state index in [0.717, 1.165) is 5.56 Å². The van der Waals surface area contributed by atoms with Gasteiger partial charge in [-0.05, 0) is 30.3 Å². The maximum absolute atomic E-state index is 11.8. The highest BCUT2D eigenvalue weighted by molar-refractivity contribution is 5.93. The number of pyridine rings is 1. The topological polar surface area (TPSA) is 67.9 Å². The van der Waals surface area contributed by atoms with Crippen molar-refractivity contribution in [3.05, 3.63) is 52.4 Å². The number of ether oxygens (including phenoxy) is 1. The number of hydrogen-bond acceptors (Lipinski definition) is 4. The number of hydrogen-bond donors (Lipinski definition) is 1. The third kappa shape index (κ3) is 2.13. The summed E-state index contributed by atoms with van der Waals surface area (Å²) in [5, 5.41) is 7.25. The Morgan fingerprint density at radius 2 is 2.19 bits per heavy atom. The summed E-state index contributed by atoms with van der Waals surface area (Å²) in [4.78, 5) is 15.9. The predicted octanol–water partition coefficient (Wildman–Crippen LogP) is 1.97. The van der Waals surface area contributed by atoms with Crippen molar-refractivity contribution < 1.29 is 4.74 Å². The van der Waals surface area contributed by atoms with Gasteiger partial charge in [-0.25, -0.2) is 5.10 Å². The first-order chi connectivity index (χ1) is 10.2. The Bertz CT molecular complexity index is 923. The van der Waals surface area contributed by atoms with E-state index in [-0.39, 0.29) is 5.56 Å². The van der Waals surface area contributed by atoms with Gasteiger partial charge in [-0.1, -0.05) is 5.92 Å². The lowest BCUT2D eigenvalue weighted by Gasteiger charge is -2.10. The summed E-state index contributed by atoms with van der Waals surface area (Å²) in [6.45, 7) is 0. The number of nitrogens with zero attached hydrogens (tertiary/aromatic N) is 2. The fourth-order valence-corrected chi connectivity index (χ4v) is 2.18. The number of aromatic nitrogens is 3. The van der Waals surface area contributed by atoms with Crippen LogP contribution in [0.2, 0.25) is 0 Å². The number of terminal acetylenes is 1. The summed E-state index contributed by atoms with van der Waals surface area (Å²) in [5.41, 5.74) is 2.06. The Labute approximate surface area is 120 Å². The van der Waals surface area contributed by atoms with Gasteiger partial charge in [-0.2, -0.15) is 5.10 Å². The minimum Gasteiger partial charge on any atom is -0.496 e. The van der Waals surface area contributed by atoms with Gasteiger partial charge >= 0.3 is 0 Å². The van der Waals surface area contributed by atoms with Crippen LogP contribution in [0.1, 0.15) is 5.56 Å².